The zero-order chi connectivity index (χ0) is 17.5. The molecule has 25 heavy (non-hydrogen) atoms. The van der Waals surface area contributed by atoms with E-state index >= 15 is 0 Å². The van der Waals surface area contributed by atoms with Gasteiger partial charge in [-0.2, -0.15) is 0 Å². The Morgan fingerprint density at radius 2 is 1.72 bits per heavy atom. The van der Waals surface area contributed by atoms with Gasteiger partial charge in [0.2, 0.25) is 0 Å². The predicted molar refractivity (Wildman–Crippen MR) is 97.1 cm³/mol. The van der Waals surface area contributed by atoms with Crippen molar-refractivity contribution in [3.05, 3.63) is 54.9 Å². The molecule has 0 aliphatic carbocycles. The zero-order valence-corrected chi connectivity index (χ0v) is 14.9. The van der Waals surface area contributed by atoms with Crippen LogP contribution in [-0.2, 0) is 0 Å². The van der Waals surface area contributed by atoms with E-state index in [2.05, 4.69) is 10.2 Å². The number of hydrogen-bond acceptors (Lipinski definition) is 6. The summed E-state index contributed by atoms with van der Waals surface area (Å²) in [4.78, 5) is 0. The van der Waals surface area contributed by atoms with E-state index in [1.54, 1.807) is 32.3 Å². The SMILES string of the molecule is COc1ccc(OCCSc2nncn2-c2ccccc2OC)cc1. The zero-order valence-electron chi connectivity index (χ0n) is 14.1. The fourth-order valence-corrected chi connectivity index (χ4v) is 3.02. The van der Waals surface area contributed by atoms with Gasteiger partial charge in [-0.25, -0.2) is 0 Å². The molecule has 130 valence electrons. The van der Waals surface area contributed by atoms with Gasteiger partial charge >= 0.3 is 0 Å². The second kappa shape index (κ2) is 8.43. The predicted octanol–water partition coefficient (Wildman–Crippen LogP) is 3.46. The molecular weight excluding hydrogens is 338 g/mol. The summed E-state index contributed by atoms with van der Waals surface area (Å²) in [6, 6.07) is 15.3. The standard InChI is InChI=1S/C18H19N3O3S/c1-22-14-7-9-15(10-8-14)24-11-12-25-18-20-19-13-21(18)16-5-3-4-6-17(16)23-2/h3-10,13H,11-12H2,1-2H3. The van der Waals surface area contributed by atoms with Gasteiger partial charge in [0.1, 0.15) is 23.6 Å². The lowest BCUT2D eigenvalue weighted by Crippen LogP contribution is -2.03. The van der Waals surface area contributed by atoms with E-state index in [9.17, 15) is 0 Å². The number of benzene rings is 2. The van der Waals surface area contributed by atoms with Gasteiger partial charge in [-0.3, -0.25) is 4.57 Å². The third kappa shape index (κ3) is 4.24. The number of nitrogens with zero attached hydrogens (tertiary/aromatic N) is 3. The molecule has 0 saturated carbocycles. The molecule has 0 N–H and O–H groups in total. The van der Waals surface area contributed by atoms with Crippen molar-refractivity contribution in [3.63, 3.8) is 0 Å². The molecular formula is C18H19N3O3S. The highest BCUT2D eigenvalue weighted by Gasteiger charge is 2.11. The molecule has 2 aromatic carbocycles. The fourth-order valence-electron chi connectivity index (χ4n) is 2.28. The third-order valence-corrected chi connectivity index (χ3v) is 4.41. The molecule has 3 aromatic rings. The van der Waals surface area contributed by atoms with Crippen molar-refractivity contribution in [1.29, 1.82) is 0 Å². The number of methoxy groups -OCH3 is 2. The van der Waals surface area contributed by atoms with Crippen LogP contribution in [0.2, 0.25) is 0 Å². The Morgan fingerprint density at radius 3 is 2.48 bits per heavy atom. The average Bonchev–Trinajstić information content (AvgIpc) is 3.14. The highest BCUT2D eigenvalue weighted by molar-refractivity contribution is 7.99. The molecule has 1 heterocycles. The van der Waals surface area contributed by atoms with Crippen LogP contribution in [0.5, 0.6) is 17.2 Å². The number of hydrogen-bond donors (Lipinski definition) is 0. The smallest absolute Gasteiger partial charge is 0.195 e. The maximum Gasteiger partial charge on any atom is 0.195 e. The topological polar surface area (TPSA) is 58.4 Å². The van der Waals surface area contributed by atoms with E-state index < -0.39 is 0 Å². The Bertz CT molecular complexity index is 805. The van der Waals surface area contributed by atoms with E-state index in [-0.39, 0.29) is 0 Å². The summed E-state index contributed by atoms with van der Waals surface area (Å²) in [6.07, 6.45) is 1.69. The molecule has 7 heteroatoms. The van der Waals surface area contributed by atoms with Crippen LogP contribution in [0.25, 0.3) is 5.69 Å². The summed E-state index contributed by atoms with van der Waals surface area (Å²) >= 11 is 1.58. The lowest BCUT2D eigenvalue weighted by atomic mass is 10.3. The lowest BCUT2D eigenvalue weighted by Gasteiger charge is -2.11. The van der Waals surface area contributed by atoms with Crippen LogP contribution in [0.4, 0.5) is 0 Å². The van der Waals surface area contributed by atoms with Gasteiger partial charge in [-0.15, -0.1) is 10.2 Å². The summed E-state index contributed by atoms with van der Waals surface area (Å²) < 4.78 is 18.2. The largest absolute Gasteiger partial charge is 0.497 e. The quantitative estimate of drug-likeness (QED) is 0.455. The molecule has 0 radical (unpaired) electrons. The number of aromatic nitrogens is 3. The summed E-state index contributed by atoms with van der Waals surface area (Å²) in [5.74, 6) is 3.15. The first-order valence-electron chi connectivity index (χ1n) is 7.75. The molecule has 6 nitrogen and oxygen atoms in total. The molecule has 0 saturated heterocycles. The van der Waals surface area contributed by atoms with Gasteiger partial charge in [0.05, 0.1) is 26.5 Å². The average molecular weight is 357 g/mol. The summed E-state index contributed by atoms with van der Waals surface area (Å²) in [6.45, 7) is 0.565. The van der Waals surface area contributed by atoms with Gasteiger partial charge in [0, 0.05) is 5.75 Å². The van der Waals surface area contributed by atoms with Crippen molar-refractivity contribution in [1.82, 2.24) is 14.8 Å². The Hall–Kier alpha value is -2.67. The molecule has 0 fully saturated rings. The molecule has 0 unspecified atom stereocenters. The number of ether oxygens (including phenoxy) is 3. The van der Waals surface area contributed by atoms with Gasteiger partial charge < -0.3 is 14.2 Å². The monoisotopic (exact) mass is 357 g/mol. The maximum absolute atomic E-state index is 5.74. The summed E-state index contributed by atoms with van der Waals surface area (Å²) in [7, 11) is 3.29. The van der Waals surface area contributed by atoms with Crippen molar-refractivity contribution in [2.75, 3.05) is 26.6 Å². The van der Waals surface area contributed by atoms with Gasteiger partial charge in [-0.05, 0) is 36.4 Å². The van der Waals surface area contributed by atoms with E-state index in [0.29, 0.717) is 6.61 Å². The van der Waals surface area contributed by atoms with Crippen LogP contribution in [0, 0.1) is 0 Å². The van der Waals surface area contributed by atoms with Gasteiger partial charge in [0.15, 0.2) is 5.16 Å². The molecule has 0 aliphatic heterocycles. The maximum atomic E-state index is 5.74. The van der Waals surface area contributed by atoms with Crippen molar-refractivity contribution in [3.8, 4) is 22.9 Å². The minimum atomic E-state index is 0.565. The molecule has 0 amide bonds. The van der Waals surface area contributed by atoms with Crippen LogP contribution in [0.15, 0.2) is 60.0 Å². The first-order valence-corrected chi connectivity index (χ1v) is 8.73. The summed E-state index contributed by atoms with van der Waals surface area (Å²) in [5.41, 5.74) is 0.911. The normalized spacial score (nSPS) is 10.5. The Morgan fingerprint density at radius 1 is 0.960 bits per heavy atom. The van der Waals surface area contributed by atoms with E-state index in [1.165, 1.54) is 0 Å². The molecule has 1 aromatic heterocycles. The minimum Gasteiger partial charge on any atom is -0.497 e. The summed E-state index contributed by atoms with van der Waals surface area (Å²) in [5, 5.41) is 8.99. The number of para-hydroxylation sites is 2. The van der Waals surface area contributed by atoms with Crippen molar-refractivity contribution in [2.24, 2.45) is 0 Å². The number of thioether (sulfide) groups is 1. The fraction of sp³-hybridized carbons (Fsp3) is 0.222. The van der Waals surface area contributed by atoms with Crippen LogP contribution >= 0.6 is 11.8 Å². The molecule has 0 spiro atoms. The second-order valence-corrected chi connectivity index (χ2v) is 6.09. The first-order chi connectivity index (χ1) is 12.3. The molecule has 3 rings (SSSR count). The molecule has 0 aliphatic rings. The van der Waals surface area contributed by atoms with E-state index in [1.807, 2.05) is 53.1 Å². The van der Waals surface area contributed by atoms with E-state index in [4.69, 9.17) is 14.2 Å². The minimum absolute atomic E-state index is 0.565. The highest BCUT2D eigenvalue weighted by Crippen LogP contribution is 2.26. The van der Waals surface area contributed by atoms with Crippen molar-refractivity contribution < 1.29 is 14.2 Å². The Kier molecular flexibility index (Phi) is 5.79. The number of rotatable bonds is 8. The second-order valence-electron chi connectivity index (χ2n) is 5.03. The van der Waals surface area contributed by atoms with Crippen LogP contribution in [-0.4, -0.2) is 41.3 Å². The highest BCUT2D eigenvalue weighted by atomic mass is 32.2. The third-order valence-electron chi connectivity index (χ3n) is 3.50. The first kappa shape index (κ1) is 17.2. The van der Waals surface area contributed by atoms with Gasteiger partial charge in [-0.1, -0.05) is 23.9 Å². The van der Waals surface area contributed by atoms with Crippen LogP contribution in [0.3, 0.4) is 0 Å². The van der Waals surface area contributed by atoms with Crippen LogP contribution in [0.1, 0.15) is 0 Å². The van der Waals surface area contributed by atoms with Crippen LogP contribution < -0.4 is 14.2 Å². The van der Waals surface area contributed by atoms with E-state index in [0.717, 1.165) is 33.8 Å². The Labute approximate surface area is 150 Å². The van der Waals surface area contributed by atoms with Crippen molar-refractivity contribution in [2.45, 2.75) is 5.16 Å². The Balaban J connectivity index is 1.58. The molecule has 0 atom stereocenters. The lowest BCUT2D eigenvalue weighted by molar-refractivity contribution is 0.342. The molecule has 0 bridgehead atoms. The van der Waals surface area contributed by atoms with Crippen molar-refractivity contribution >= 4 is 11.8 Å². The van der Waals surface area contributed by atoms with Gasteiger partial charge in [0.25, 0.3) is 0 Å².